The number of hydrogen-bond donors (Lipinski definition) is 3. The molecule has 0 aliphatic carbocycles. The number of nitrogens with zero attached hydrogens (tertiary/aromatic N) is 1. The molecule has 0 aliphatic rings. The van der Waals surface area contributed by atoms with E-state index in [1.165, 1.54) is 13.8 Å². The van der Waals surface area contributed by atoms with Crippen LogP contribution in [0.5, 0.6) is 0 Å². The van der Waals surface area contributed by atoms with Crippen LogP contribution in [0.15, 0.2) is 35.5 Å². The third-order valence-corrected chi connectivity index (χ3v) is 1.63. The summed E-state index contributed by atoms with van der Waals surface area (Å²) in [5, 5.41) is 27.4. The highest BCUT2D eigenvalue weighted by atomic mass is 16.7. The number of carbonyl (C=O) groups excluding carboxylic acids is 1. The monoisotopic (exact) mass is 255 g/mol. The lowest BCUT2D eigenvalue weighted by Gasteiger charge is -2.07. The molecule has 18 heavy (non-hydrogen) atoms. The highest BCUT2D eigenvalue weighted by Crippen LogP contribution is 1.97. The zero-order chi connectivity index (χ0) is 14.0. The number of aliphatic hydroxyl groups is 2. The van der Waals surface area contributed by atoms with E-state index in [0.717, 1.165) is 6.21 Å². The number of ketones is 1. The summed E-state index contributed by atoms with van der Waals surface area (Å²) in [6, 6.07) is 8.62. The van der Waals surface area contributed by atoms with Crippen molar-refractivity contribution in [3.05, 3.63) is 35.9 Å². The van der Waals surface area contributed by atoms with Gasteiger partial charge in [-0.3, -0.25) is 4.79 Å². The number of carbonyl (C=O) groups is 1. The van der Waals surface area contributed by atoms with Gasteiger partial charge in [-0.2, -0.15) is 0 Å². The number of Topliss-reactive ketones (excluding diaryl/α,β-unsaturated/α-hetero) is 1. The largest absolute Gasteiger partial charge is 0.411 e. The van der Waals surface area contributed by atoms with Crippen LogP contribution in [-0.2, 0) is 4.74 Å². The van der Waals surface area contributed by atoms with Crippen LogP contribution < -0.4 is 0 Å². The minimum atomic E-state index is -0.875. The van der Waals surface area contributed by atoms with Crippen LogP contribution in [0.3, 0.4) is 0 Å². The lowest BCUT2D eigenvalue weighted by atomic mass is 10.1. The van der Waals surface area contributed by atoms with E-state index >= 15 is 0 Å². The average molecular weight is 255 g/mol. The molecule has 100 valence electrons. The topological polar surface area (TPSA) is 99.3 Å². The van der Waals surface area contributed by atoms with Gasteiger partial charge in [0.15, 0.2) is 12.6 Å². The first-order valence-electron chi connectivity index (χ1n) is 5.25. The first-order valence-corrected chi connectivity index (χ1v) is 5.25. The Balaban J connectivity index is 0.000000360. The quantitative estimate of drug-likeness (QED) is 0.245. The zero-order valence-corrected chi connectivity index (χ0v) is 10.2. The molecule has 0 aromatic heterocycles. The Kier molecular flexibility index (Phi) is 8.38. The fourth-order valence-electron chi connectivity index (χ4n) is 1.01. The van der Waals surface area contributed by atoms with E-state index in [-0.39, 0.29) is 5.78 Å². The summed E-state index contributed by atoms with van der Waals surface area (Å²) < 4.78 is 4.36. The van der Waals surface area contributed by atoms with Crippen LogP contribution >= 0.6 is 0 Å². The van der Waals surface area contributed by atoms with E-state index in [9.17, 15) is 4.79 Å². The summed E-state index contributed by atoms with van der Waals surface area (Å²) in [5.74, 6) is -0.298. The molecular weight excluding hydrogens is 238 g/mol. The lowest BCUT2D eigenvalue weighted by Crippen LogP contribution is -2.14. The van der Waals surface area contributed by atoms with Crippen LogP contribution in [0.4, 0.5) is 0 Å². The molecule has 6 nitrogen and oxygen atoms in total. The predicted molar refractivity (Wildman–Crippen MR) is 65.5 cm³/mol. The summed E-state index contributed by atoms with van der Waals surface area (Å²) in [7, 11) is 0. The van der Waals surface area contributed by atoms with E-state index in [0.29, 0.717) is 5.56 Å². The Morgan fingerprint density at radius 3 is 2.06 bits per heavy atom. The molecule has 0 heterocycles. The number of rotatable bonds is 4. The van der Waals surface area contributed by atoms with Crippen LogP contribution in [0.1, 0.15) is 24.2 Å². The molecule has 2 unspecified atom stereocenters. The van der Waals surface area contributed by atoms with Gasteiger partial charge in [-0.25, -0.2) is 0 Å². The smallest absolute Gasteiger partial charge is 0.207 e. The Labute approximate surface area is 105 Å². The second-order valence-electron chi connectivity index (χ2n) is 3.31. The second-order valence-corrected chi connectivity index (χ2v) is 3.31. The molecule has 1 rings (SSSR count). The summed E-state index contributed by atoms with van der Waals surface area (Å²) in [5.41, 5.74) is 0.519. The Bertz CT molecular complexity index is 356. The minimum Gasteiger partial charge on any atom is -0.411 e. The van der Waals surface area contributed by atoms with E-state index in [1.807, 2.05) is 6.07 Å². The molecule has 0 aliphatic heterocycles. The van der Waals surface area contributed by atoms with Crippen molar-refractivity contribution in [2.24, 2.45) is 5.16 Å². The third-order valence-electron chi connectivity index (χ3n) is 1.63. The number of aliphatic hydroxyl groups excluding tert-OH is 2. The molecule has 0 radical (unpaired) electrons. The minimum absolute atomic E-state index is 0.298. The molecule has 0 saturated heterocycles. The normalized spacial score (nSPS) is 13.6. The van der Waals surface area contributed by atoms with Gasteiger partial charge in [-0.15, -0.1) is 0 Å². The van der Waals surface area contributed by atoms with Gasteiger partial charge in [0, 0.05) is 5.56 Å². The maximum atomic E-state index is 10.9. The van der Waals surface area contributed by atoms with Gasteiger partial charge in [0.1, 0.15) is 6.21 Å². The SMILES string of the molecule is CC(O)OC(C)O.O=C(C=NO)c1ccccc1. The van der Waals surface area contributed by atoms with Crippen molar-refractivity contribution in [1.29, 1.82) is 0 Å². The average Bonchev–Trinajstić information content (AvgIpc) is 2.29. The van der Waals surface area contributed by atoms with E-state index in [1.54, 1.807) is 24.3 Å². The van der Waals surface area contributed by atoms with Crippen LogP contribution in [0, 0.1) is 0 Å². The van der Waals surface area contributed by atoms with E-state index in [4.69, 9.17) is 15.4 Å². The highest BCUT2D eigenvalue weighted by Gasteiger charge is 1.99. The molecule has 0 spiro atoms. The van der Waals surface area contributed by atoms with Crippen molar-refractivity contribution < 1.29 is 25.0 Å². The maximum Gasteiger partial charge on any atom is 0.207 e. The number of oxime groups is 1. The summed E-state index contributed by atoms with van der Waals surface area (Å²) in [4.78, 5) is 10.9. The third kappa shape index (κ3) is 8.40. The molecule has 0 fully saturated rings. The van der Waals surface area contributed by atoms with Crippen LogP contribution in [-0.4, -0.2) is 40.0 Å². The molecule has 2 atom stereocenters. The lowest BCUT2D eigenvalue weighted by molar-refractivity contribution is -0.190. The van der Waals surface area contributed by atoms with Gasteiger partial charge in [0.05, 0.1) is 0 Å². The van der Waals surface area contributed by atoms with Crippen molar-refractivity contribution in [2.45, 2.75) is 26.4 Å². The summed E-state index contributed by atoms with van der Waals surface area (Å²) >= 11 is 0. The number of benzene rings is 1. The standard InChI is InChI=1S/C8H7NO2.C4H10O3/c10-8(6-9-11)7-4-2-1-3-5-7;1-3(5)7-4(2)6/h1-6,11H;3-6H,1-2H3. The van der Waals surface area contributed by atoms with E-state index < -0.39 is 12.6 Å². The van der Waals surface area contributed by atoms with Crippen molar-refractivity contribution >= 4 is 12.0 Å². The van der Waals surface area contributed by atoms with E-state index in [2.05, 4.69) is 9.89 Å². The fraction of sp³-hybridized carbons (Fsp3) is 0.333. The molecular formula is C12H17NO5. The first kappa shape index (κ1) is 16.2. The van der Waals surface area contributed by atoms with Crippen LogP contribution in [0.2, 0.25) is 0 Å². The second kappa shape index (κ2) is 9.29. The molecule has 1 aromatic carbocycles. The van der Waals surface area contributed by atoms with Crippen molar-refractivity contribution in [3.8, 4) is 0 Å². The van der Waals surface area contributed by atoms with Crippen LogP contribution in [0.25, 0.3) is 0 Å². The molecule has 0 amide bonds. The Morgan fingerprint density at radius 2 is 1.72 bits per heavy atom. The number of hydrogen-bond acceptors (Lipinski definition) is 6. The molecule has 3 N–H and O–H groups in total. The summed E-state index contributed by atoms with van der Waals surface area (Å²) in [6.07, 6.45) is -0.880. The number of ether oxygens (including phenoxy) is 1. The predicted octanol–water partition coefficient (Wildman–Crippen LogP) is 1.01. The fourth-order valence-corrected chi connectivity index (χ4v) is 1.01. The van der Waals surface area contributed by atoms with Gasteiger partial charge in [0.25, 0.3) is 0 Å². The Morgan fingerprint density at radius 1 is 1.22 bits per heavy atom. The summed E-state index contributed by atoms with van der Waals surface area (Å²) in [6.45, 7) is 2.87. The van der Waals surface area contributed by atoms with Gasteiger partial charge in [-0.1, -0.05) is 35.5 Å². The maximum absolute atomic E-state index is 10.9. The van der Waals surface area contributed by atoms with Crippen molar-refractivity contribution in [3.63, 3.8) is 0 Å². The molecule has 6 heteroatoms. The highest BCUT2D eigenvalue weighted by molar-refractivity contribution is 6.35. The molecule has 0 bridgehead atoms. The Hall–Kier alpha value is -1.76. The van der Waals surface area contributed by atoms with Gasteiger partial charge >= 0.3 is 0 Å². The molecule has 1 aromatic rings. The van der Waals surface area contributed by atoms with Gasteiger partial charge < -0.3 is 20.2 Å². The zero-order valence-electron chi connectivity index (χ0n) is 10.2. The first-order chi connectivity index (χ1) is 8.47. The van der Waals surface area contributed by atoms with Crippen molar-refractivity contribution in [1.82, 2.24) is 0 Å². The van der Waals surface area contributed by atoms with Gasteiger partial charge in [0.2, 0.25) is 5.78 Å². The molecule has 0 saturated carbocycles. The van der Waals surface area contributed by atoms with Crippen molar-refractivity contribution in [2.75, 3.05) is 0 Å². The van der Waals surface area contributed by atoms with Gasteiger partial charge in [-0.05, 0) is 13.8 Å².